The molecule has 12 heteroatoms. The van der Waals surface area contributed by atoms with Gasteiger partial charge >= 0.3 is 5.97 Å². The van der Waals surface area contributed by atoms with E-state index in [1.165, 1.54) is 11.8 Å². The van der Waals surface area contributed by atoms with Crippen LogP contribution < -0.4 is 0 Å². The molecular weight excluding hydrogens is 499 g/mol. The molecular formula is C15H11Cl6N3O2S. The Hall–Kier alpha value is -0.210. The Kier molecular flexibility index (Phi) is 8.14. The number of aromatic nitrogens is 3. The largest absolute Gasteiger partial charge is 0.465 e. The van der Waals surface area contributed by atoms with E-state index in [1.54, 1.807) is 31.2 Å². The number of hydrogen-bond donors (Lipinski definition) is 0. The van der Waals surface area contributed by atoms with Gasteiger partial charge in [0.2, 0.25) is 7.59 Å². The summed E-state index contributed by atoms with van der Waals surface area (Å²) in [6.45, 7) is 2.10. The molecule has 0 spiro atoms. The molecule has 0 fully saturated rings. The van der Waals surface area contributed by atoms with Gasteiger partial charge in [0.15, 0.2) is 17.5 Å². The standard InChI is InChI=1S/C15H11Cl6N3O2S/c1-2-26-10(25)7-27-9-5-3-8(4-6-9)11-22-12(14(16,17)18)24-13(23-11)15(19,20)21/h3-6H,2,7H2,1H3. The minimum absolute atomic E-state index is 0.167. The van der Waals surface area contributed by atoms with Gasteiger partial charge < -0.3 is 4.74 Å². The summed E-state index contributed by atoms with van der Waals surface area (Å²) in [4.78, 5) is 24.5. The van der Waals surface area contributed by atoms with Crippen LogP contribution in [0.15, 0.2) is 29.2 Å². The highest BCUT2D eigenvalue weighted by molar-refractivity contribution is 8.00. The molecule has 0 saturated heterocycles. The van der Waals surface area contributed by atoms with Crippen molar-refractivity contribution in [2.75, 3.05) is 12.4 Å². The molecule has 0 aliphatic heterocycles. The second-order valence-corrected chi connectivity index (χ2v) is 10.5. The first kappa shape index (κ1) is 23.1. The Labute approximate surface area is 190 Å². The Balaban J connectivity index is 2.30. The normalized spacial score (nSPS) is 12.1. The molecule has 2 aromatic rings. The summed E-state index contributed by atoms with van der Waals surface area (Å²) in [7, 11) is 0. The molecule has 0 radical (unpaired) electrons. The van der Waals surface area contributed by atoms with Gasteiger partial charge in [0, 0.05) is 10.5 Å². The minimum Gasteiger partial charge on any atom is -0.465 e. The molecule has 0 bridgehead atoms. The van der Waals surface area contributed by atoms with Gasteiger partial charge in [-0.05, 0) is 19.1 Å². The van der Waals surface area contributed by atoms with Crippen LogP contribution in [0.5, 0.6) is 0 Å². The van der Waals surface area contributed by atoms with Crippen molar-refractivity contribution in [3.8, 4) is 11.4 Å². The predicted molar refractivity (Wildman–Crippen MR) is 111 cm³/mol. The molecule has 0 amide bonds. The van der Waals surface area contributed by atoms with Gasteiger partial charge in [-0.15, -0.1) is 11.8 Å². The first-order chi connectivity index (χ1) is 12.5. The van der Waals surface area contributed by atoms with Crippen LogP contribution in [0.4, 0.5) is 0 Å². The zero-order valence-electron chi connectivity index (χ0n) is 13.6. The molecule has 0 atom stereocenters. The number of hydrogen-bond acceptors (Lipinski definition) is 6. The monoisotopic (exact) mass is 507 g/mol. The highest BCUT2D eigenvalue weighted by atomic mass is 35.6. The quantitative estimate of drug-likeness (QED) is 0.286. The van der Waals surface area contributed by atoms with Crippen LogP contribution in [0.25, 0.3) is 11.4 Å². The Bertz CT molecular complexity index is 776. The molecule has 27 heavy (non-hydrogen) atoms. The lowest BCUT2D eigenvalue weighted by Crippen LogP contribution is -2.16. The molecule has 2 rings (SSSR count). The van der Waals surface area contributed by atoms with Gasteiger partial charge in [-0.3, -0.25) is 4.79 Å². The summed E-state index contributed by atoms with van der Waals surface area (Å²) >= 11 is 36.5. The minimum atomic E-state index is -1.92. The number of carbonyl (C=O) groups excluding carboxylic acids is 1. The van der Waals surface area contributed by atoms with Crippen molar-refractivity contribution in [3.05, 3.63) is 35.9 Å². The fourth-order valence-electron chi connectivity index (χ4n) is 1.80. The van der Waals surface area contributed by atoms with E-state index < -0.39 is 7.59 Å². The van der Waals surface area contributed by atoms with Crippen LogP contribution in [0, 0.1) is 0 Å². The first-order valence-corrected chi connectivity index (χ1v) is 10.6. The number of thioether (sulfide) groups is 1. The second-order valence-electron chi connectivity index (χ2n) is 4.92. The topological polar surface area (TPSA) is 65.0 Å². The van der Waals surface area contributed by atoms with E-state index >= 15 is 0 Å². The molecule has 0 aliphatic carbocycles. The number of ether oxygens (including phenoxy) is 1. The van der Waals surface area contributed by atoms with Gasteiger partial charge in [0.05, 0.1) is 12.4 Å². The summed E-state index contributed by atoms with van der Waals surface area (Å²) in [5.74, 6) is -0.245. The summed E-state index contributed by atoms with van der Waals surface area (Å²) < 4.78 is 1.05. The van der Waals surface area contributed by atoms with Gasteiger partial charge in [0.1, 0.15) is 0 Å². The van der Waals surface area contributed by atoms with E-state index in [0.29, 0.717) is 12.2 Å². The first-order valence-electron chi connectivity index (χ1n) is 7.30. The zero-order valence-corrected chi connectivity index (χ0v) is 18.9. The maximum Gasteiger partial charge on any atom is 0.316 e. The van der Waals surface area contributed by atoms with E-state index in [-0.39, 0.29) is 29.2 Å². The Morgan fingerprint density at radius 3 is 1.93 bits per heavy atom. The van der Waals surface area contributed by atoms with Crippen molar-refractivity contribution in [2.24, 2.45) is 0 Å². The second kappa shape index (κ2) is 9.53. The lowest BCUT2D eigenvalue weighted by molar-refractivity contribution is -0.139. The summed E-state index contributed by atoms with van der Waals surface area (Å²) in [5.41, 5.74) is 0.587. The molecule has 0 N–H and O–H groups in total. The third-order valence-corrected chi connectivity index (χ3v) is 4.92. The van der Waals surface area contributed by atoms with Gasteiger partial charge in [-0.1, -0.05) is 81.7 Å². The van der Waals surface area contributed by atoms with Crippen molar-refractivity contribution >= 4 is 87.3 Å². The fraction of sp³-hybridized carbons (Fsp3) is 0.333. The van der Waals surface area contributed by atoms with Crippen LogP contribution in [-0.4, -0.2) is 33.3 Å². The Morgan fingerprint density at radius 2 is 1.48 bits per heavy atom. The van der Waals surface area contributed by atoms with E-state index in [9.17, 15) is 4.79 Å². The van der Waals surface area contributed by atoms with Crippen LogP contribution in [0.3, 0.4) is 0 Å². The summed E-state index contributed by atoms with van der Waals surface area (Å²) in [6, 6.07) is 7.03. The molecule has 1 aromatic heterocycles. The molecule has 1 aromatic carbocycles. The van der Waals surface area contributed by atoms with Gasteiger partial charge in [0.25, 0.3) is 0 Å². The van der Waals surface area contributed by atoms with E-state index in [2.05, 4.69) is 15.0 Å². The van der Waals surface area contributed by atoms with Gasteiger partial charge in [-0.2, -0.15) is 0 Å². The fourth-order valence-corrected chi connectivity index (χ4v) is 3.01. The van der Waals surface area contributed by atoms with E-state index in [1.807, 2.05) is 0 Å². The van der Waals surface area contributed by atoms with Crippen LogP contribution in [0.2, 0.25) is 0 Å². The van der Waals surface area contributed by atoms with Crippen molar-refractivity contribution in [1.82, 2.24) is 15.0 Å². The smallest absolute Gasteiger partial charge is 0.316 e. The average Bonchev–Trinajstić information content (AvgIpc) is 2.59. The maximum absolute atomic E-state index is 11.4. The van der Waals surface area contributed by atoms with Crippen molar-refractivity contribution < 1.29 is 9.53 Å². The third-order valence-electron chi connectivity index (χ3n) is 2.92. The lowest BCUT2D eigenvalue weighted by Gasteiger charge is -2.15. The highest BCUT2D eigenvalue weighted by Crippen LogP contribution is 2.40. The number of nitrogens with zero attached hydrogens (tertiary/aromatic N) is 3. The summed E-state index contributed by atoms with van der Waals surface area (Å²) in [5, 5.41) is 0. The van der Waals surface area contributed by atoms with E-state index in [0.717, 1.165) is 4.90 Å². The number of esters is 1. The number of benzene rings is 1. The maximum atomic E-state index is 11.4. The number of halogens is 6. The van der Waals surface area contributed by atoms with Crippen LogP contribution in [-0.2, 0) is 17.1 Å². The van der Waals surface area contributed by atoms with Crippen LogP contribution >= 0.6 is 81.4 Å². The highest BCUT2D eigenvalue weighted by Gasteiger charge is 2.34. The third kappa shape index (κ3) is 6.96. The number of alkyl halides is 6. The number of rotatable bonds is 5. The SMILES string of the molecule is CCOC(=O)CSc1ccc(-c2nc(C(Cl)(Cl)Cl)nc(C(Cl)(Cl)Cl)n2)cc1. The van der Waals surface area contributed by atoms with Crippen molar-refractivity contribution in [3.63, 3.8) is 0 Å². The lowest BCUT2D eigenvalue weighted by atomic mass is 10.2. The molecule has 1 heterocycles. The summed E-state index contributed by atoms with van der Waals surface area (Å²) in [6.07, 6.45) is 0. The molecule has 0 saturated carbocycles. The Morgan fingerprint density at radius 1 is 0.963 bits per heavy atom. The molecule has 0 unspecified atom stereocenters. The van der Waals surface area contributed by atoms with Gasteiger partial charge in [-0.25, -0.2) is 15.0 Å². The number of carbonyl (C=O) groups is 1. The predicted octanol–water partition coefficient (Wildman–Crippen LogP) is 5.85. The molecule has 0 aliphatic rings. The average molecular weight is 510 g/mol. The zero-order chi connectivity index (χ0) is 20.2. The van der Waals surface area contributed by atoms with Crippen molar-refractivity contribution in [1.29, 1.82) is 0 Å². The van der Waals surface area contributed by atoms with E-state index in [4.69, 9.17) is 74.3 Å². The van der Waals surface area contributed by atoms with Crippen LogP contribution in [0.1, 0.15) is 18.6 Å². The van der Waals surface area contributed by atoms with Crippen molar-refractivity contribution in [2.45, 2.75) is 19.4 Å². The molecule has 5 nitrogen and oxygen atoms in total. The molecule has 146 valence electrons.